The molecule has 0 atom stereocenters. The Morgan fingerprint density at radius 1 is 1.19 bits per heavy atom. The van der Waals surface area contributed by atoms with E-state index >= 15 is 0 Å². The maximum atomic E-state index is 11.6. The number of hydrogen-bond acceptors (Lipinski definition) is 2. The Labute approximate surface area is 98.9 Å². The Bertz CT molecular complexity index is 499. The summed E-state index contributed by atoms with van der Waals surface area (Å²) in [6, 6.07) is 10.2. The molecule has 0 aliphatic carbocycles. The van der Waals surface area contributed by atoms with E-state index in [0.717, 1.165) is 16.0 Å². The molecule has 2 rings (SSSR count). The molecule has 1 aromatic heterocycles. The van der Waals surface area contributed by atoms with Crippen LogP contribution in [0, 0.1) is 6.92 Å². The summed E-state index contributed by atoms with van der Waals surface area (Å²) in [6.45, 7) is 2.05. The number of nitrogens with one attached hydrogen (secondary N) is 1. The summed E-state index contributed by atoms with van der Waals surface area (Å²) < 4.78 is 0. The first-order valence-corrected chi connectivity index (χ1v) is 5.97. The fraction of sp³-hybridized carbons (Fsp3) is 0.154. The Hall–Kier alpha value is -1.61. The molecule has 0 aliphatic rings. The number of carbonyl (C=O) groups is 1. The molecule has 1 N–H and O–H groups in total. The van der Waals surface area contributed by atoms with E-state index in [4.69, 9.17) is 0 Å². The molecule has 82 valence electrons. The Morgan fingerprint density at radius 3 is 2.50 bits per heavy atom. The van der Waals surface area contributed by atoms with Crippen molar-refractivity contribution in [3.05, 3.63) is 46.2 Å². The topological polar surface area (TPSA) is 29.1 Å². The number of carbonyl (C=O) groups excluding carboxylic acids is 1. The highest BCUT2D eigenvalue weighted by Crippen LogP contribution is 2.28. The van der Waals surface area contributed by atoms with Crippen LogP contribution in [0.2, 0.25) is 0 Å². The quantitative estimate of drug-likeness (QED) is 0.845. The molecule has 0 fully saturated rings. The van der Waals surface area contributed by atoms with Crippen molar-refractivity contribution in [1.82, 2.24) is 5.32 Å². The van der Waals surface area contributed by atoms with E-state index in [1.165, 1.54) is 16.9 Å². The lowest BCUT2D eigenvalue weighted by molar-refractivity contribution is 0.0967. The average Bonchev–Trinajstić information content (AvgIpc) is 2.78. The van der Waals surface area contributed by atoms with E-state index in [1.807, 2.05) is 23.6 Å². The van der Waals surface area contributed by atoms with Crippen molar-refractivity contribution in [1.29, 1.82) is 0 Å². The predicted octanol–water partition coefficient (Wildman–Crippen LogP) is 3.08. The fourth-order valence-electron chi connectivity index (χ4n) is 1.56. The molecule has 1 heterocycles. The molecule has 0 saturated carbocycles. The zero-order chi connectivity index (χ0) is 11.5. The number of amides is 1. The normalized spacial score (nSPS) is 10.1. The van der Waals surface area contributed by atoms with Crippen LogP contribution in [-0.2, 0) is 0 Å². The van der Waals surface area contributed by atoms with Crippen LogP contribution in [0.3, 0.4) is 0 Å². The molecule has 1 aromatic carbocycles. The molecule has 2 nitrogen and oxygen atoms in total. The standard InChI is InChI=1S/C13H13NOS/c1-9-3-5-10(6-4-9)11-7-8-16-12(11)13(15)14-2/h3-8H,1-2H3,(H,14,15). The molecule has 1 amide bonds. The van der Waals surface area contributed by atoms with Gasteiger partial charge in [-0.2, -0.15) is 0 Å². The van der Waals surface area contributed by atoms with Crippen molar-refractivity contribution in [3.63, 3.8) is 0 Å². The number of rotatable bonds is 2. The van der Waals surface area contributed by atoms with Crippen molar-refractivity contribution in [2.24, 2.45) is 0 Å². The van der Waals surface area contributed by atoms with Crippen LogP contribution < -0.4 is 5.32 Å². The smallest absolute Gasteiger partial charge is 0.261 e. The second-order valence-corrected chi connectivity index (χ2v) is 4.52. The minimum Gasteiger partial charge on any atom is -0.354 e. The van der Waals surface area contributed by atoms with Crippen LogP contribution in [0.5, 0.6) is 0 Å². The lowest BCUT2D eigenvalue weighted by atomic mass is 10.0. The third-order valence-electron chi connectivity index (χ3n) is 2.46. The molecular formula is C13H13NOS. The predicted molar refractivity (Wildman–Crippen MR) is 67.9 cm³/mol. The van der Waals surface area contributed by atoms with Gasteiger partial charge < -0.3 is 5.32 Å². The van der Waals surface area contributed by atoms with Gasteiger partial charge in [0.15, 0.2) is 0 Å². The SMILES string of the molecule is CNC(=O)c1sccc1-c1ccc(C)cc1. The van der Waals surface area contributed by atoms with Crippen molar-refractivity contribution in [2.75, 3.05) is 7.05 Å². The number of hydrogen-bond donors (Lipinski definition) is 1. The number of aryl methyl sites for hydroxylation is 1. The van der Waals surface area contributed by atoms with Gasteiger partial charge in [0.05, 0.1) is 4.88 Å². The second-order valence-electron chi connectivity index (χ2n) is 3.61. The summed E-state index contributed by atoms with van der Waals surface area (Å²) in [6.07, 6.45) is 0. The molecule has 0 bridgehead atoms. The molecule has 0 saturated heterocycles. The monoisotopic (exact) mass is 231 g/mol. The summed E-state index contributed by atoms with van der Waals surface area (Å²) in [5.41, 5.74) is 3.32. The minimum absolute atomic E-state index is 0.0226. The van der Waals surface area contributed by atoms with Gasteiger partial charge >= 0.3 is 0 Å². The number of benzene rings is 1. The molecule has 16 heavy (non-hydrogen) atoms. The van der Waals surface area contributed by atoms with Crippen molar-refractivity contribution < 1.29 is 4.79 Å². The molecule has 0 spiro atoms. The zero-order valence-corrected chi connectivity index (χ0v) is 10.1. The molecular weight excluding hydrogens is 218 g/mol. The molecule has 3 heteroatoms. The summed E-state index contributed by atoms with van der Waals surface area (Å²) in [4.78, 5) is 12.4. The summed E-state index contributed by atoms with van der Waals surface area (Å²) in [7, 11) is 1.65. The second kappa shape index (κ2) is 4.49. The Balaban J connectivity index is 2.44. The van der Waals surface area contributed by atoms with E-state index in [9.17, 15) is 4.79 Å². The van der Waals surface area contributed by atoms with Crippen LogP contribution in [-0.4, -0.2) is 13.0 Å². The van der Waals surface area contributed by atoms with Crippen LogP contribution in [0.25, 0.3) is 11.1 Å². The van der Waals surface area contributed by atoms with E-state index in [0.29, 0.717) is 0 Å². The van der Waals surface area contributed by atoms with Gasteiger partial charge in [0.2, 0.25) is 0 Å². The molecule has 0 unspecified atom stereocenters. The van der Waals surface area contributed by atoms with Crippen molar-refractivity contribution >= 4 is 17.2 Å². The van der Waals surface area contributed by atoms with Gasteiger partial charge in [-0.15, -0.1) is 11.3 Å². The van der Waals surface area contributed by atoms with Crippen molar-refractivity contribution in [2.45, 2.75) is 6.92 Å². The van der Waals surface area contributed by atoms with Crippen LogP contribution in [0.4, 0.5) is 0 Å². The average molecular weight is 231 g/mol. The van der Waals surface area contributed by atoms with Gasteiger partial charge in [0, 0.05) is 12.6 Å². The lowest BCUT2D eigenvalue weighted by Gasteiger charge is -2.03. The fourth-order valence-corrected chi connectivity index (χ4v) is 2.42. The van der Waals surface area contributed by atoms with Crippen LogP contribution in [0.1, 0.15) is 15.2 Å². The van der Waals surface area contributed by atoms with Gasteiger partial charge in [0.25, 0.3) is 5.91 Å². The Morgan fingerprint density at radius 2 is 1.88 bits per heavy atom. The summed E-state index contributed by atoms with van der Waals surface area (Å²) in [5, 5.41) is 4.60. The molecule has 2 aromatic rings. The maximum Gasteiger partial charge on any atom is 0.261 e. The van der Waals surface area contributed by atoms with Gasteiger partial charge in [-0.25, -0.2) is 0 Å². The largest absolute Gasteiger partial charge is 0.354 e. The molecule has 0 aliphatic heterocycles. The van der Waals surface area contributed by atoms with Gasteiger partial charge in [-0.1, -0.05) is 29.8 Å². The van der Waals surface area contributed by atoms with Gasteiger partial charge in [-0.3, -0.25) is 4.79 Å². The van der Waals surface area contributed by atoms with E-state index < -0.39 is 0 Å². The van der Waals surface area contributed by atoms with Gasteiger partial charge in [-0.05, 0) is 23.9 Å². The lowest BCUT2D eigenvalue weighted by Crippen LogP contribution is -2.16. The first-order chi connectivity index (χ1) is 7.72. The van der Waals surface area contributed by atoms with E-state index in [-0.39, 0.29) is 5.91 Å². The maximum absolute atomic E-state index is 11.6. The van der Waals surface area contributed by atoms with Gasteiger partial charge in [0.1, 0.15) is 0 Å². The summed E-state index contributed by atoms with van der Waals surface area (Å²) in [5.74, 6) is -0.0226. The van der Waals surface area contributed by atoms with E-state index in [2.05, 4.69) is 24.4 Å². The highest BCUT2D eigenvalue weighted by molar-refractivity contribution is 7.12. The van der Waals surface area contributed by atoms with E-state index in [1.54, 1.807) is 7.05 Å². The number of thiophene rings is 1. The van der Waals surface area contributed by atoms with Crippen LogP contribution >= 0.6 is 11.3 Å². The highest BCUT2D eigenvalue weighted by atomic mass is 32.1. The van der Waals surface area contributed by atoms with Crippen LogP contribution in [0.15, 0.2) is 35.7 Å². The molecule has 0 radical (unpaired) electrons. The third kappa shape index (κ3) is 1.99. The summed E-state index contributed by atoms with van der Waals surface area (Å²) >= 11 is 1.47. The first-order valence-electron chi connectivity index (χ1n) is 5.09. The first kappa shape index (κ1) is 10.9. The van der Waals surface area contributed by atoms with Crippen molar-refractivity contribution in [3.8, 4) is 11.1 Å². The minimum atomic E-state index is -0.0226. The third-order valence-corrected chi connectivity index (χ3v) is 3.37. The highest BCUT2D eigenvalue weighted by Gasteiger charge is 2.12. The zero-order valence-electron chi connectivity index (χ0n) is 9.28. The Kier molecular flexibility index (Phi) is 3.06.